The number of halogens is 6. The van der Waals surface area contributed by atoms with Gasteiger partial charge in [-0.15, -0.1) is 0 Å². The zero-order valence-electron chi connectivity index (χ0n) is 71.5. The van der Waals surface area contributed by atoms with Gasteiger partial charge in [-0.05, 0) is 157 Å². The van der Waals surface area contributed by atoms with Crippen LogP contribution in [0.1, 0.15) is 150 Å². The summed E-state index contributed by atoms with van der Waals surface area (Å²) in [6, 6.07) is 4.55. The Morgan fingerprint density at radius 1 is 0.769 bits per heavy atom. The van der Waals surface area contributed by atoms with E-state index in [4.69, 9.17) is 57.4 Å². The number of fused-ring (bicyclic) bond motifs is 16. The highest BCUT2D eigenvalue weighted by atomic mass is 35.5. The minimum atomic E-state index is -5.02. The summed E-state index contributed by atoms with van der Waals surface area (Å²) in [6.07, 6.45) is -20.7. The van der Waals surface area contributed by atoms with Crippen LogP contribution in [0.15, 0.2) is 122 Å². The first kappa shape index (κ1) is 97.0. The van der Waals surface area contributed by atoms with Crippen molar-refractivity contribution in [1.29, 1.82) is 0 Å². The van der Waals surface area contributed by atoms with Crippen molar-refractivity contribution in [3.8, 4) is 69.1 Å². The summed E-state index contributed by atoms with van der Waals surface area (Å²) in [7, 11) is 0. The van der Waals surface area contributed by atoms with E-state index in [9.17, 15) is 92.9 Å². The summed E-state index contributed by atoms with van der Waals surface area (Å²) >= 11 is 14.5. The predicted octanol–water partition coefficient (Wildman–Crippen LogP) is 5.37. The Balaban J connectivity index is 0.916. The molecule has 710 valence electrons. The fraction of sp³-hybridized carbons (Fsp3) is 0.378. The number of anilines is 1. The normalized spacial score (nSPS) is 26.0. The molecular weight excluding hydrogens is 1810 g/mol. The maximum atomic E-state index is 16.5. The number of phenols is 3. The number of imidazole rings is 1. The van der Waals surface area contributed by atoms with Crippen molar-refractivity contribution in [1.82, 2.24) is 51.7 Å². The van der Waals surface area contributed by atoms with E-state index in [0.29, 0.717) is 23.4 Å². The Morgan fingerprint density at radius 2 is 1.46 bits per heavy atom. The molecule has 8 amide bonds. The Labute approximate surface area is 768 Å². The number of benzene rings is 7. The number of primary amides is 1. The lowest BCUT2D eigenvalue weighted by Crippen LogP contribution is -2.65. The summed E-state index contributed by atoms with van der Waals surface area (Å²) in [4.78, 5) is 139. The molecule has 9 heterocycles. The molecule has 16 rings (SSSR count). The molecule has 0 aliphatic carbocycles. The lowest BCUT2D eigenvalue weighted by molar-refractivity contribution is -0.327. The molecule has 21 N–H and O–H groups in total. The number of nitrogens with two attached hydrogens (primary N) is 1. The number of hydrogen-bond acceptors (Lipinski definition) is 28. The lowest BCUT2D eigenvalue weighted by atomic mass is 9.84. The first-order chi connectivity index (χ1) is 63.5. The summed E-state index contributed by atoms with van der Waals surface area (Å²) in [5.74, 6) is -17.3. The van der Waals surface area contributed by atoms with Gasteiger partial charge in [-0.3, -0.25) is 43.3 Å². The van der Waals surface area contributed by atoms with Crippen molar-refractivity contribution in [2.75, 3.05) is 11.9 Å². The number of nitrogens with one attached hydrogen (secondary N) is 8. The van der Waals surface area contributed by atoms with Crippen molar-refractivity contribution < 1.29 is 145 Å². The standard InChI is InChI=1S/C90H92Cl2F4N12O26/c1-37(2)6-17-64(114)102-70-73(116)45-20-38(3)77(54(92)23-45)131-62-26-44-25-61(78(62)134-88-79(76(119)75(118)60(132-88)18-19-109)133-65-30-89(5,80(120)39(4)129-65)99-31-40-7-12-46(13-8-40)100-81(121)43-9-14-52(55(93)24-43)90(94,95)96)130-59-16-11-42(22-53(59)91)72(115)71-86(126)105-69(87(127)128)50-28-58(112)51(33-107-36-108-35-98-32-47(108)27-48(107)34-110)74(117)66(50)49-21-41(10-15-57(49)111)67(83(123)106-71)104-84(124)68(44)103-82(122)56(29-63(97)113)101-85(70)125/h7-16,20-26,28,32,35,37,39,48,56,60,65,67-73,75-76,79-80,88,99,109-112,115-120H,6,17,27,29-31,33-34,36H2,1-5H3,(H2,97,113)(H,100,121)(H,101,125)(H,102,114)(H,103,122)(H,104,124)(H,105,126)(H,106,123)(H,127,128)/t39-,48-,56-,60?,65-,67+,68+,69+,70+,71-,72+,73+,75+,76-,79+,80+,88-,89-/m0/s1. The number of aliphatic carboxylic acids is 1. The Morgan fingerprint density at radius 3 is 2.13 bits per heavy atom. The van der Waals surface area contributed by atoms with E-state index in [2.05, 4.69) is 53.4 Å². The van der Waals surface area contributed by atoms with Crippen LogP contribution >= 0.6 is 23.2 Å². The number of nitrogens with zero attached hydrogens (tertiary/aromatic N) is 3. The second kappa shape index (κ2) is 39.7. The molecule has 0 radical (unpaired) electrons. The van der Waals surface area contributed by atoms with E-state index in [1.807, 2.05) is 0 Å². The van der Waals surface area contributed by atoms with E-state index in [-0.39, 0.29) is 78.5 Å². The van der Waals surface area contributed by atoms with Crippen LogP contribution in [0.25, 0.3) is 11.1 Å². The second-order valence-corrected chi connectivity index (χ2v) is 34.6. The largest absolute Gasteiger partial charge is 0.507 e. The summed E-state index contributed by atoms with van der Waals surface area (Å²) in [6.45, 7) is 7.14. The van der Waals surface area contributed by atoms with Gasteiger partial charge in [-0.1, -0.05) is 61.3 Å². The summed E-state index contributed by atoms with van der Waals surface area (Å²) < 4.78 is 95.8. The third-order valence-corrected chi connectivity index (χ3v) is 24.5. The highest BCUT2D eigenvalue weighted by Gasteiger charge is 2.53. The maximum Gasteiger partial charge on any atom is 0.419 e. The topological polar surface area (TPSA) is 575 Å². The molecule has 2 fully saturated rings. The highest BCUT2D eigenvalue weighted by molar-refractivity contribution is 6.32. The highest BCUT2D eigenvalue weighted by Crippen LogP contribution is 2.52. The van der Waals surface area contributed by atoms with Crippen LogP contribution in [0.5, 0.6) is 46.0 Å². The van der Waals surface area contributed by atoms with E-state index in [1.165, 1.54) is 38.4 Å². The average Bonchev–Trinajstić information content (AvgIpc) is 0.878. The molecule has 8 aromatic rings. The van der Waals surface area contributed by atoms with Gasteiger partial charge in [0, 0.05) is 83.8 Å². The number of aliphatic hydroxyl groups excluding tert-OH is 7. The van der Waals surface area contributed by atoms with Gasteiger partial charge in [0.15, 0.2) is 36.0 Å². The molecule has 0 spiro atoms. The molecule has 8 aliphatic rings. The molecule has 1 unspecified atom stereocenters. The predicted molar refractivity (Wildman–Crippen MR) is 459 cm³/mol. The third-order valence-electron chi connectivity index (χ3n) is 23.9. The molecule has 11 bridgehead atoms. The van der Waals surface area contributed by atoms with Gasteiger partial charge in [0.25, 0.3) is 5.91 Å². The van der Waals surface area contributed by atoms with Gasteiger partial charge in [0.05, 0.1) is 59.4 Å². The van der Waals surface area contributed by atoms with Gasteiger partial charge in [0.2, 0.25) is 53.4 Å². The number of rotatable bonds is 19. The number of amides is 8. The van der Waals surface area contributed by atoms with Crippen LogP contribution < -0.4 is 62.5 Å². The fourth-order valence-electron chi connectivity index (χ4n) is 16.7. The number of ether oxygens (including phenoxy) is 6. The van der Waals surface area contributed by atoms with E-state index < -0.39 is 283 Å². The van der Waals surface area contributed by atoms with Crippen LogP contribution in [-0.4, -0.2) is 209 Å². The van der Waals surface area contributed by atoms with Crippen molar-refractivity contribution in [2.45, 2.75) is 202 Å². The Bertz CT molecular complexity index is 5980. The molecule has 134 heavy (non-hydrogen) atoms. The molecule has 18 atom stereocenters. The van der Waals surface area contributed by atoms with Crippen molar-refractivity contribution in [3.63, 3.8) is 0 Å². The number of aromatic hydroxyl groups is 3. The third kappa shape index (κ3) is 20.7. The maximum absolute atomic E-state index is 16.5. The van der Waals surface area contributed by atoms with Gasteiger partial charge < -0.3 is 137 Å². The van der Waals surface area contributed by atoms with Crippen LogP contribution in [-0.2, 0) is 84.9 Å². The quantitative estimate of drug-likeness (QED) is 0.0357. The minimum Gasteiger partial charge on any atom is -0.507 e. The first-order valence-corrected chi connectivity index (χ1v) is 42.6. The van der Waals surface area contributed by atoms with Crippen molar-refractivity contribution in [3.05, 3.63) is 199 Å². The summed E-state index contributed by atoms with van der Waals surface area (Å²) in [5.41, 5.74) is 0.0842. The number of phenolic OH excluding ortho intramolecular Hbond substituents is 3. The number of carboxylic acids is 1. The number of aromatic nitrogens is 2. The first-order valence-electron chi connectivity index (χ1n) is 41.9. The second-order valence-electron chi connectivity index (χ2n) is 33.8. The fourth-order valence-corrected chi connectivity index (χ4v) is 17.2. The van der Waals surface area contributed by atoms with E-state index in [0.717, 1.165) is 66.7 Å². The molecular formula is C90H92Cl2F4N12O26. The molecule has 44 heteroatoms. The molecule has 8 aliphatic heterocycles. The van der Waals surface area contributed by atoms with Crippen molar-refractivity contribution in [2.24, 2.45) is 11.7 Å². The Hall–Kier alpha value is -13.0. The van der Waals surface area contributed by atoms with Crippen LogP contribution in [0.4, 0.5) is 23.2 Å². The van der Waals surface area contributed by atoms with Gasteiger partial charge >= 0.3 is 12.1 Å². The molecule has 2 saturated heterocycles. The Kier molecular flexibility index (Phi) is 28.7. The smallest absolute Gasteiger partial charge is 0.419 e. The van der Waals surface area contributed by atoms with Gasteiger partial charge in [0.1, 0.15) is 95.3 Å². The van der Waals surface area contributed by atoms with E-state index in [1.54, 1.807) is 54.7 Å². The number of aliphatic hydroxyl groups is 7. The van der Waals surface area contributed by atoms with Gasteiger partial charge in [-0.2, -0.15) is 13.2 Å². The molecule has 7 aromatic carbocycles. The monoisotopic (exact) mass is 1900 g/mol. The molecule has 1 aromatic heterocycles. The number of carbonyl (C=O) groups is 9. The van der Waals surface area contributed by atoms with Crippen LogP contribution in [0, 0.1) is 30.7 Å². The zero-order valence-corrected chi connectivity index (χ0v) is 73.0. The number of hydrogen-bond donors (Lipinski definition) is 20. The van der Waals surface area contributed by atoms with Crippen molar-refractivity contribution >= 4 is 82.1 Å². The lowest BCUT2D eigenvalue weighted by Gasteiger charge is -2.48. The minimum absolute atomic E-state index is 0.0111. The molecule has 0 saturated carbocycles. The number of aryl methyl sites for hydroxylation is 1. The average molecular weight is 1900 g/mol. The van der Waals surface area contributed by atoms with E-state index >= 15 is 24.0 Å². The SMILES string of the molecule is Cc1cc2cc(Cl)c1Oc1cc3cc(c1O[C@@H]1OC(C#CO)[C@@H](O)[C@H](O)[C@H]1O[C@H]1C[C@](C)(NCc4ccc(NC(=O)c5ccc(C(F)(F)F)c(F)c5)cc4)[C@H](O)[C@H](C)O1)Oc1ccc(cc1Cl)[C@@H](O)[C@@H]1NC(=O)[C@H](NC(=O)[C@@H]3NC(=O)[C@H](CC(N)=O)NC(=O)[C@H](NC(=O)CCC(C)C)[C@@H]2O)c2ccc(O)c(c2)-c2c(cc(O)c(CN3Cn4cncc4C[C@H]3CO)c2O)[C@H](C(=O)O)NC1=O. The zero-order chi connectivity index (χ0) is 96.7. The van der Waals surface area contributed by atoms with Crippen LogP contribution in [0.3, 0.4) is 0 Å². The van der Waals surface area contributed by atoms with Crippen LogP contribution in [0.2, 0.25) is 10.0 Å². The summed E-state index contributed by atoms with van der Waals surface area (Å²) in [5, 5.41) is 150. The molecule has 38 nitrogen and oxygen atoms in total. The number of carboxylic acid groups (broad SMARTS) is 1. The van der Waals surface area contributed by atoms with Gasteiger partial charge in [-0.25, -0.2) is 14.2 Å². The number of carbonyl (C=O) groups excluding carboxylic acids is 8. The number of alkyl halides is 3.